The summed E-state index contributed by atoms with van der Waals surface area (Å²) in [5, 5.41) is 17.3. The molecular formula is C15H20N8O. The van der Waals surface area contributed by atoms with Crippen LogP contribution in [0, 0.1) is 0 Å². The smallest absolute Gasteiger partial charge is 0.238 e. The maximum absolute atomic E-state index is 5.33. The van der Waals surface area contributed by atoms with E-state index in [1.165, 1.54) is 0 Å². The zero-order valence-corrected chi connectivity index (χ0v) is 13.4. The van der Waals surface area contributed by atoms with E-state index < -0.39 is 0 Å². The zero-order chi connectivity index (χ0) is 16.4. The molecule has 126 valence electrons. The first kappa shape index (κ1) is 14.6. The van der Waals surface area contributed by atoms with E-state index in [0.29, 0.717) is 5.90 Å². The van der Waals surface area contributed by atoms with E-state index in [-0.39, 0.29) is 0 Å². The van der Waals surface area contributed by atoms with Gasteiger partial charge in [0, 0.05) is 37.6 Å². The molecule has 1 aromatic heterocycles. The van der Waals surface area contributed by atoms with Gasteiger partial charge in [0.2, 0.25) is 5.90 Å². The van der Waals surface area contributed by atoms with Gasteiger partial charge in [-0.15, -0.1) is 5.23 Å². The Hall–Kier alpha value is -2.94. The Balaban J connectivity index is 1.52. The van der Waals surface area contributed by atoms with Crippen molar-refractivity contribution in [3.05, 3.63) is 36.3 Å². The van der Waals surface area contributed by atoms with Crippen molar-refractivity contribution in [2.75, 3.05) is 38.7 Å². The number of hydrazone groups is 1. The van der Waals surface area contributed by atoms with Crippen molar-refractivity contribution >= 4 is 22.5 Å². The van der Waals surface area contributed by atoms with E-state index in [0.717, 1.165) is 48.6 Å². The van der Waals surface area contributed by atoms with Crippen LogP contribution in [0.15, 0.2) is 41.4 Å². The first-order valence-electron chi connectivity index (χ1n) is 7.88. The van der Waals surface area contributed by atoms with Crippen LogP contribution >= 0.6 is 0 Å². The van der Waals surface area contributed by atoms with E-state index >= 15 is 0 Å². The Labute approximate surface area is 139 Å². The maximum atomic E-state index is 5.33. The van der Waals surface area contributed by atoms with Gasteiger partial charge in [0.1, 0.15) is 5.82 Å². The second-order valence-corrected chi connectivity index (χ2v) is 5.62. The van der Waals surface area contributed by atoms with Crippen molar-refractivity contribution < 1.29 is 4.74 Å². The number of benzene rings is 1. The lowest BCUT2D eigenvalue weighted by atomic mass is 10.2. The van der Waals surface area contributed by atoms with Gasteiger partial charge in [0.25, 0.3) is 0 Å². The van der Waals surface area contributed by atoms with Crippen LogP contribution in [0.5, 0.6) is 0 Å². The minimum absolute atomic E-state index is 0.541. The van der Waals surface area contributed by atoms with Crippen LogP contribution in [0.4, 0.5) is 5.69 Å². The van der Waals surface area contributed by atoms with Gasteiger partial charge in [0.15, 0.2) is 0 Å². The summed E-state index contributed by atoms with van der Waals surface area (Å²) in [5.41, 5.74) is 8.39. The van der Waals surface area contributed by atoms with Crippen molar-refractivity contribution in [1.29, 1.82) is 0 Å². The molecule has 0 saturated carbocycles. The Bertz CT molecular complexity index is 777. The third-order valence-corrected chi connectivity index (χ3v) is 4.02. The number of H-pyrrole nitrogens is 1. The largest absolute Gasteiger partial charge is 0.480 e. The van der Waals surface area contributed by atoms with E-state index in [1.807, 2.05) is 24.3 Å². The lowest BCUT2D eigenvalue weighted by Crippen LogP contribution is -2.51. The van der Waals surface area contributed by atoms with Crippen LogP contribution in [0.2, 0.25) is 0 Å². The molecule has 3 heterocycles. The summed E-state index contributed by atoms with van der Waals surface area (Å²) < 4.78 is 5.33. The van der Waals surface area contributed by atoms with Gasteiger partial charge in [-0.05, 0) is 18.2 Å². The number of ether oxygens (including phenoxy) is 1. The molecule has 2 aliphatic rings. The third-order valence-electron chi connectivity index (χ3n) is 4.02. The molecule has 0 atom stereocenters. The van der Waals surface area contributed by atoms with E-state index in [9.17, 15) is 0 Å². The van der Waals surface area contributed by atoms with Gasteiger partial charge >= 0.3 is 0 Å². The number of piperazine rings is 1. The lowest BCUT2D eigenvalue weighted by molar-refractivity contribution is 0.184. The fourth-order valence-electron chi connectivity index (χ4n) is 2.77. The SMILES string of the molecule is COC1=NN(Nc2ccc3[nH]ncc3c2)NC(N2CCNCC2)=C1. The molecule has 4 N–H and O–H groups in total. The Morgan fingerprint density at radius 1 is 1.25 bits per heavy atom. The Kier molecular flexibility index (Phi) is 3.83. The van der Waals surface area contributed by atoms with Gasteiger partial charge in [-0.25, -0.2) is 5.43 Å². The Morgan fingerprint density at radius 3 is 2.96 bits per heavy atom. The van der Waals surface area contributed by atoms with Crippen LogP contribution in [0.3, 0.4) is 0 Å². The number of hydrogen-bond acceptors (Lipinski definition) is 8. The number of aromatic nitrogens is 2. The summed E-state index contributed by atoms with van der Waals surface area (Å²) >= 11 is 0. The highest BCUT2D eigenvalue weighted by Gasteiger charge is 2.20. The van der Waals surface area contributed by atoms with Gasteiger partial charge in [-0.3, -0.25) is 10.5 Å². The molecule has 0 amide bonds. The molecule has 1 aromatic carbocycles. The van der Waals surface area contributed by atoms with Crippen LogP contribution in [0.1, 0.15) is 0 Å². The highest BCUT2D eigenvalue weighted by molar-refractivity contribution is 5.88. The molecule has 1 fully saturated rings. The van der Waals surface area contributed by atoms with Crippen LogP contribution in [-0.4, -0.2) is 59.5 Å². The van der Waals surface area contributed by atoms with Crippen molar-refractivity contribution in [2.45, 2.75) is 0 Å². The molecule has 0 unspecified atom stereocenters. The molecule has 2 aliphatic heterocycles. The van der Waals surface area contributed by atoms with Crippen molar-refractivity contribution in [3.63, 3.8) is 0 Å². The molecule has 9 nitrogen and oxygen atoms in total. The predicted molar refractivity (Wildman–Crippen MR) is 91.7 cm³/mol. The number of methoxy groups -OCH3 is 1. The number of anilines is 1. The highest BCUT2D eigenvalue weighted by Crippen LogP contribution is 2.18. The van der Waals surface area contributed by atoms with Crippen molar-refractivity contribution in [3.8, 4) is 0 Å². The molecule has 0 bridgehead atoms. The number of hydrogen-bond donors (Lipinski definition) is 4. The topological polar surface area (TPSA) is 92.8 Å². The summed E-state index contributed by atoms with van der Waals surface area (Å²) in [4.78, 5) is 2.26. The number of nitrogens with zero attached hydrogens (tertiary/aromatic N) is 4. The zero-order valence-electron chi connectivity index (χ0n) is 13.4. The summed E-state index contributed by atoms with van der Waals surface area (Å²) in [7, 11) is 1.62. The molecule has 4 rings (SSSR count). The van der Waals surface area contributed by atoms with E-state index in [2.05, 4.69) is 36.4 Å². The van der Waals surface area contributed by atoms with Crippen LogP contribution < -0.4 is 16.2 Å². The molecule has 1 saturated heterocycles. The van der Waals surface area contributed by atoms with Gasteiger partial charge in [0.05, 0.1) is 24.5 Å². The second-order valence-electron chi connectivity index (χ2n) is 5.62. The van der Waals surface area contributed by atoms with Crippen molar-refractivity contribution in [1.82, 2.24) is 31.1 Å². The van der Waals surface area contributed by atoms with E-state index in [1.54, 1.807) is 18.5 Å². The molecule has 2 aromatic rings. The van der Waals surface area contributed by atoms with Gasteiger partial charge in [-0.2, -0.15) is 5.10 Å². The van der Waals surface area contributed by atoms with Crippen LogP contribution in [-0.2, 0) is 4.74 Å². The van der Waals surface area contributed by atoms with E-state index in [4.69, 9.17) is 4.74 Å². The standard InChI is InChI=1S/C15H20N8O/c1-24-15-9-14(22-6-4-16-5-7-22)20-23(21-15)19-12-2-3-13-11(8-12)10-17-18-13/h2-3,8-10,16,19-20H,4-7H2,1H3,(H,17,18). The monoisotopic (exact) mass is 328 g/mol. The number of fused-ring (bicyclic) bond motifs is 1. The lowest BCUT2D eigenvalue weighted by Gasteiger charge is -2.36. The summed E-state index contributed by atoms with van der Waals surface area (Å²) in [5.74, 6) is 1.50. The average molecular weight is 328 g/mol. The summed E-state index contributed by atoms with van der Waals surface area (Å²) in [6, 6.07) is 5.95. The predicted octanol–water partition coefficient (Wildman–Crippen LogP) is 0.416. The number of aromatic amines is 1. The molecular weight excluding hydrogens is 308 g/mol. The third kappa shape index (κ3) is 2.93. The molecule has 0 aliphatic carbocycles. The summed E-state index contributed by atoms with van der Waals surface area (Å²) in [6.07, 6.45) is 3.70. The minimum Gasteiger partial charge on any atom is -0.480 e. The number of rotatable bonds is 3. The first-order valence-corrected chi connectivity index (χ1v) is 7.88. The van der Waals surface area contributed by atoms with Crippen LogP contribution in [0.25, 0.3) is 10.9 Å². The molecule has 0 spiro atoms. The number of hydrazine groups is 2. The molecule has 9 heteroatoms. The Morgan fingerprint density at radius 2 is 2.12 bits per heavy atom. The minimum atomic E-state index is 0.541. The summed E-state index contributed by atoms with van der Waals surface area (Å²) in [6.45, 7) is 3.79. The average Bonchev–Trinajstić information content (AvgIpc) is 3.10. The number of nitrogens with one attached hydrogen (secondary N) is 4. The fourth-order valence-corrected chi connectivity index (χ4v) is 2.77. The quantitative estimate of drug-likeness (QED) is 0.649. The second kappa shape index (κ2) is 6.28. The van der Waals surface area contributed by atoms with Gasteiger partial charge in [-0.1, -0.05) is 5.10 Å². The first-order chi connectivity index (χ1) is 11.8. The van der Waals surface area contributed by atoms with Crippen molar-refractivity contribution in [2.24, 2.45) is 5.10 Å². The normalized spacial score (nSPS) is 18.0. The molecule has 24 heavy (non-hydrogen) atoms. The highest BCUT2D eigenvalue weighted by atomic mass is 16.5. The maximum Gasteiger partial charge on any atom is 0.238 e. The van der Waals surface area contributed by atoms with Gasteiger partial charge < -0.3 is 15.0 Å². The molecule has 0 radical (unpaired) electrons. The fraction of sp³-hybridized carbons (Fsp3) is 0.333.